The number of hydrogen-bond donors (Lipinski definition) is 1. The van der Waals surface area contributed by atoms with Gasteiger partial charge in [-0.1, -0.05) is 11.2 Å². The van der Waals surface area contributed by atoms with Crippen molar-refractivity contribution in [2.45, 2.75) is 25.4 Å². The smallest absolute Gasteiger partial charge is 0.241 e. The second kappa shape index (κ2) is 6.47. The number of rotatable bonds is 4. The zero-order chi connectivity index (χ0) is 12.4. The van der Waals surface area contributed by atoms with Crippen molar-refractivity contribution in [1.29, 1.82) is 0 Å². The fourth-order valence-corrected chi connectivity index (χ4v) is 3.02. The Kier molecular flexibility index (Phi) is 4.93. The summed E-state index contributed by atoms with van der Waals surface area (Å²) in [5, 5.41) is 6.03. The largest absolute Gasteiger partial charge is 0.338 e. The van der Waals surface area contributed by atoms with Gasteiger partial charge in [0.15, 0.2) is 0 Å². The SMILES string of the molecule is Cl.NCC1CCCN1Cc1nc(-c2cccs2)no1. The standard InChI is InChI=1S/C12H16N4OS.ClH/c13-7-9-3-1-5-16(9)8-11-14-12(15-17-11)10-4-2-6-18-10;/h2,4,6,9H,1,3,5,7-8,13H2;1H. The van der Waals surface area contributed by atoms with E-state index >= 15 is 0 Å². The van der Waals surface area contributed by atoms with Gasteiger partial charge in [-0.25, -0.2) is 0 Å². The maximum absolute atomic E-state index is 5.75. The highest BCUT2D eigenvalue weighted by Gasteiger charge is 2.25. The van der Waals surface area contributed by atoms with Crippen molar-refractivity contribution >= 4 is 23.7 Å². The summed E-state index contributed by atoms with van der Waals surface area (Å²) in [6.45, 7) is 2.48. The molecule has 0 aromatic carbocycles. The first-order valence-electron chi connectivity index (χ1n) is 6.17. The summed E-state index contributed by atoms with van der Waals surface area (Å²) in [4.78, 5) is 7.80. The van der Waals surface area contributed by atoms with E-state index in [4.69, 9.17) is 10.3 Å². The van der Waals surface area contributed by atoms with Gasteiger partial charge in [-0.15, -0.1) is 23.7 Å². The van der Waals surface area contributed by atoms with E-state index < -0.39 is 0 Å². The van der Waals surface area contributed by atoms with Gasteiger partial charge in [-0.3, -0.25) is 4.90 Å². The number of halogens is 1. The molecule has 1 aliphatic heterocycles. The first-order chi connectivity index (χ1) is 8.86. The molecule has 7 heteroatoms. The van der Waals surface area contributed by atoms with Crippen LogP contribution in [-0.2, 0) is 6.54 Å². The van der Waals surface area contributed by atoms with E-state index in [1.54, 1.807) is 11.3 Å². The topological polar surface area (TPSA) is 68.2 Å². The second-order valence-corrected chi connectivity index (χ2v) is 5.44. The van der Waals surface area contributed by atoms with Gasteiger partial charge in [-0.2, -0.15) is 4.98 Å². The molecule has 1 saturated heterocycles. The lowest BCUT2D eigenvalue weighted by Crippen LogP contribution is -2.34. The number of aromatic nitrogens is 2. The summed E-state index contributed by atoms with van der Waals surface area (Å²) in [6, 6.07) is 4.45. The van der Waals surface area contributed by atoms with Crippen LogP contribution in [0.1, 0.15) is 18.7 Å². The Morgan fingerprint density at radius 3 is 3.16 bits per heavy atom. The zero-order valence-electron chi connectivity index (χ0n) is 10.5. The van der Waals surface area contributed by atoms with Gasteiger partial charge in [-0.05, 0) is 30.8 Å². The van der Waals surface area contributed by atoms with E-state index in [0.29, 0.717) is 30.8 Å². The highest BCUT2D eigenvalue weighted by Crippen LogP contribution is 2.23. The Bertz CT molecular complexity index is 502. The summed E-state index contributed by atoms with van der Waals surface area (Å²) < 4.78 is 5.31. The Labute approximate surface area is 122 Å². The fraction of sp³-hybridized carbons (Fsp3) is 0.500. The summed E-state index contributed by atoms with van der Waals surface area (Å²) >= 11 is 1.62. The van der Waals surface area contributed by atoms with Crippen molar-refractivity contribution in [3.05, 3.63) is 23.4 Å². The summed E-state index contributed by atoms with van der Waals surface area (Å²) in [5.74, 6) is 1.36. The van der Waals surface area contributed by atoms with Crippen molar-refractivity contribution in [2.24, 2.45) is 5.73 Å². The molecule has 0 radical (unpaired) electrons. The van der Waals surface area contributed by atoms with Gasteiger partial charge < -0.3 is 10.3 Å². The van der Waals surface area contributed by atoms with Gasteiger partial charge in [0.1, 0.15) is 0 Å². The lowest BCUT2D eigenvalue weighted by atomic mass is 10.2. The maximum Gasteiger partial charge on any atom is 0.241 e. The third-order valence-electron chi connectivity index (χ3n) is 3.32. The molecule has 104 valence electrons. The number of thiophene rings is 1. The van der Waals surface area contributed by atoms with Crippen LogP contribution in [0.2, 0.25) is 0 Å². The van der Waals surface area contributed by atoms with E-state index in [1.165, 1.54) is 12.8 Å². The molecule has 1 unspecified atom stereocenters. The van der Waals surface area contributed by atoms with E-state index in [0.717, 1.165) is 11.4 Å². The Morgan fingerprint density at radius 1 is 1.53 bits per heavy atom. The number of nitrogens with zero attached hydrogens (tertiary/aromatic N) is 3. The third kappa shape index (κ3) is 3.14. The van der Waals surface area contributed by atoms with E-state index in [1.807, 2.05) is 17.5 Å². The van der Waals surface area contributed by atoms with Crippen LogP contribution in [0, 0.1) is 0 Å². The molecule has 19 heavy (non-hydrogen) atoms. The Balaban J connectivity index is 0.00000133. The van der Waals surface area contributed by atoms with Gasteiger partial charge in [0.05, 0.1) is 11.4 Å². The average molecular weight is 301 g/mol. The van der Waals surface area contributed by atoms with Crippen molar-refractivity contribution in [1.82, 2.24) is 15.0 Å². The monoisotopic (exact) mass is 300 g/mol. The van der Waals surface area contributed by atoms with E-state index in [9.17, 15) is 0 Å². The van der Waals surface area contributed by atoms with Crippen LogP contribution in [0.4, 0.5) is 0 Å². The molecule has 3 heterocycles. The number of nitrogens with two attached hydrogens (primary N) is 1. The molecular formula is C12H17ClN4OS. The van der Waals surface area contributed by atoms with Gasteiger partial charge in [0, 0.05) is 12.6 Å². The molecule has 1 atom stereocenters. The van der Waals surface area contributed by atoms with Gasteiger partial charge in [0.2, 0.25) is 11.7 Å². The normalized spacial score (nSPS) is 19.5. The first-order valence-corrected chi connectivity index (χ1v) is 7.05. The lowest BCUT2D eigenvalue weighted by Gasteiger charge is -2.20. The van der Waals surface area contributed by atoms with Crippen LogP contribution in [0.25, 0.3) is 10.7 Å². The lowest BCUT2D eigenvalue weighted by molar-refractivity contribution is 0.214. The van der Waals surface area contributed by atoms with E-state index in [2.05, 4.69) is 15.0 Å². The minimum Gasteiger partial charge on any atom is -0.338 e. The van der Waals surface area contributed by atoms with E-state index in [-0.39, 0.29) is 12.4 Å². The third-order valence-corrected chi connectivity index (χ3v) is 4.18. The predicted octanol–water partition coefficient (Wildman–Crippen LogP) is 2.14. The first kappa shape index (κ1) is 14.5. The maximum atomic E-state index is 5.75. The molecule has 2 aromatic heterocycles. The van der Waals surface area contributed by atoms with Crippen LogP contribution in [0.3, 0.4) is 0 Å². The molecule has 0 aliphatic carbocycles. The van der Waals surface area contributed by atoms with Gasteiger partial charge in [0.25, 0.3) is 0 Å². The predicted molar refractivity (Wildman–Crippen MR) is 77.3 cm³/mol. The molecule has 0 amide bonds. The Morgan fingerprint density at radius 2 is 2.42 bits per heavy atom. The quantitative estimate of drug-likeness (QED) is 0.937. The molecule has 0 spiro atoms. The minimum absolute atomic E-state index is 0. The number of likely N-dealkylation sites (tertiary alicyclic amines) is 1. The van der Waals surface area contributed by atoms with Crippen LogP contribution < -0.4 is 5.73 Å². The van der Waals surface area contributed by atoms with Crippen LogP contribution in [0.15, 0.2) is 22.0 Å². The summed E-state index contributed by atoms with van der Waals surface area (Å²) in [7, 11) is 0. The minimum atomic E-state index is 0. The molecule has 5 nitrogen and oxygen atoms in total. The molecule has 2 aromatic rings. The average Bonchev–Trinajstić information content (AvgIpc) is 3.10. The van der Waals surface area contributed by atoms with Crippen molar-refractivity contribution in [3.63, 3.8) is 0 Å². The van der Waals surface area contributed by atoms with Crippen LogP contribution >= 0.6 is 23.7 Å². The van der Waals surface area contributed by atoms with Crippen molar-refractivity contribution in [3.8, 4) is 10.7 Å². The highest BCUT2D eigenvalue weighted by atomic mass is 35.5. The fourth-order valence-electron chi connectivity index (χ4n) is 2.37. The van der Waals surface area contributed by atoms with Crippen molar-refractivity contribution in [2.75, 3.05) is 13.1 Å². The van der Waals surface area contributed by atoms with Crippen LogP contribution in [-0.4, -0.2) is 34.2 Å². The molecule has 3 rings (SSSR count). The molecule has 1 fully saturated rings. The number of hydrogen-bond acceptors (Lipinski definition) is 6. The van der Waals surface area contributed by atoms with Gasteiger partial charge >= 0.3 is 0 Å². The zero-order valence-corrected chi connectivity index (χ0v) is 12.1. The molecular weight excluding hydrogens is 284 g/mol. The molecule has 0 bridgehead atoms. The van der Waals surface area contributed by atoms with Crippen LogP contribution in [0.5, 0.6) is 0 Å². The highest BCUT2D eigenvalue weighted by molar-refractivity contribution is 7.13. The Hall–Kier alpha value is -0.950. The second-order valence-electron chi connectivity index (χ2n) is 4.49. The van der Waals surface area contributed by atoms with Crippen molar-refractivity contribution < 1.29 is 4.52 Å². The summed E-state index contributed by atoms with van der Waals surface area (Å²) in [6.07, 6.45) is 2.37. The summed E-state index contributed by atoms with van der Waals surface area (Å²) in [5.41, 5.74) is 5.75. The molecule has 0 saturated carbocycles. The molecule has 2 N–H and O–H groups in total. The molecule has 1 aliphatic rings.